The molecule has 76 valence electrons. The van der Waals surface area contributed by atoms with Crippen LogP contribution in [0.3, 0.4) is 0 Å². The van der Waals surface area contributed by atoms with Crippen LogP contribution in [0.2, 0.25) is 0 Å². The molecular formula is C12H23N. The maximum atomic E-state index is 3.48. The van der Waals surface area contributed by atoms with E-state index < -0.39 is 0 Å². The van der Waals surface area contributed by atoms with Crippen LogP contribution >= 0.6 is 0 Å². The first kappa shape index (κ1) is 10.6. The van der Waals surface area contributed by atoms with Crippen molar-refractivity contribution in [3.63, 3.8) is 0 Å². The molecule has 0 aromatic rings. The molecule has 1 aliphatic rings. The molecule has 1 nitrogen and oxygen atoms in total. The Hall–Kier alpha value is -0.460. The van der Waals surface area contributed by atoms with Gasteiger partial charge >= 0.3 is 0 Å². The molecule has 0 saturated heterocycles. The molecule has 1 aliphatic heterocycles. The Kier molecular flexibility index (Phi) is 3.83. The Balaban J connectivity index is 2.72. The summed E-state index contributed by atoms with van der Waals surface area (Å²) >= 11 is 0. The first-order chi connectivity index (χ1) is 6.16. The van der Waals surface area contributed by atoms with Crippen molar-refractivity contribution in [2.45, 2.75) is 47.0 Å². The van der Waals surface area contributed by atoms with Gasteiger partial charge in [0.15, 0.2) is 0 Å². The molecule has 13 heavy (non-hydrogen) atoms. The van der Waals surface area contributed by atoms with Crippen LogP contribution in [0.4, 0.5) is 0 Å². The van der Waals surface area contributed by atoms with E-state index in [1.807, 2.05) is 0 Å². The lowest BCUT2D eigenvalue weighted by Gasteiger charge is -2.30. The number of allylic oxidation sites excluding steroid dienone is 2. The minimum absolute atomic E-state index is 0.771. The van der Waals surface area contributed by atoms with Gasteiger partial charge in [-0.05, 0) is 37.2 Å². The first-order valence-electron chi connectivity index (χ1n) is 5.61. The van der Waals surface area contributed by atoms with Crippen LogP contribution in [0, 0.1) is 11.8 Å². The third kappa shape index (κ3) is 2.49. The minimum atomic E-state index is 0.771. The normalized spacial score (nSPS) is 25.7. The number of nitrogens with one attached hydrogen (secondary N) is 1. The van der Waals surface area contributed by atoms with Gasteiger partial charge in [-0.3, -0.25) is 0 Å². The second-order valence-electron chi connectivity index (χ2n) is 4.39. The van der Waals surface area contributed by atoms with Crippen molar-refractivity contribution in [1.29, 1.82) is 0 Å². The highest BCUT2D eigenvalue weighted by Crippen LogP contribution is 2.30. The van der Waals surface area contributed by atoms with Gasteiger partial charge in [0.2, 0.25) is 0 Å². The van der Waals surface area contributed by atoms with Crippen LogP contribution in [0.15, 0.2) is 11.3 Å². The molecule has 0 bridgehead atoms. The Morgan fingerprint density at radius 1 is 1.54 bits per heavy atom. The lowest BCUT2D eigenvalue weighted by molar-refractivity contribution is 0.450. The summed E-state index contributed by atoms with van der Waals surface area (Å²) in [4.78, 5) is 0. The van der Waals surface area contributed by atoms with Gasteiger partial charge in [0.1, 0.15) is 0 Å². The zero-order valence-electron chi connectivity index (χ0n) is 9.48. The van der Waals surface area contributed by atoms with E-state index in [-0.39, 0.29) is 0 Å². The summed E-state index contributed by atoms with van der Waals surface area (Å²) in [7, 11) is 0. The Morgan fingerprint density at radius 2 is 2.23 bits per heavy atom. The van der Waals surface area contributed by atoms with Crippen molar-refractivity contribution in [2.75, 3.05) is 6.54 Å². The molecule has 1 heteroatoms. The average Bonchev–Trinajstić information content (AvgIpc) is 2.04. The van der Waals surface area contributed by atoms with Gasteiger partial charge in [0.25, 0.3) is 0 Å². The standard InChI is InChI=1S/C12H23N/c1-5-6-9(2)12-10(3)7-8-13-11(12)4/h9-10,13H,5-8H2,1-4H3. The summed E-state index contributed by atoms with van der Waals surface area (Å²) in [6.07, 6.45) is 3.93. The predicted octanol–water partition coefficient (Wildman–Crippen LogP) is 3.33. The fourth-order valence-electron chi connectivity index (χ4n) is 2.55. The lowest BCUT2D eigenvalue weighted by Crippen LogP contribution is -2.27. The molecule has 0 spiro atoms. The molecule has 1 N–H and O–H groups in total. The van der Waals surface area contributed by atoms with Gasteiger partial charge in [0, 0.05) is 12.2 Å². The van der Waals surface area contributed by atoms with E-state index in [0.29, 0.717) is 0 Å². The molecular weight excluding hydrogens is 158 g/mol. The fourth-order valence-corrected chi connectivity index (χ4v) is 2.55. The van der Waals surface area contributed by atoms with Crippen molar-refractivity contribution in [1.82, 2.24) is 5.32 Å². The summed E-state index contributed by atoms with van der Waals surface area (Å²) in [5, 5.41) is 3.48. The third-order valence-electron chi connectivity index (χ3n) is 3.18. The minimum Gasteiger partial charge on any atom is -0.389 e. The molecule has 2 atom stereocenters. The molecule has 0 aromatic carbocycles. The van der Waals surface area contributed by atoms with E-state index in [1.54, 1.807) is 5.57 Å². The Labute approximate surface area is 82.6 Å². The number of hydrogen-bond acceptors (Lipinski definition) is 1. The van der Waals surface area contributed by atoms with Crippen molar-refractivity contribution in [3.8, 4) is 0 Å². The summed E-state index contributed by atoms with van der Waals surface area (Å²) < 4.78 is 0. The topological polar surface area (TPSA) is 12.0 Å². The van der Waals surface area contributed by atoms with Gasteiger partial charge < -0.3 is 5.32 Å². The second kappa shape index (κ2) is 4.69. The molecule has 1 rings (SSSR count). The van der Waals surface area contributed by atoms with Crippen molar-refractivity contribution in [2.24, 2.45) is 11.8 Å². The Bertz CT molecular complexity index is 193. The lowest BCUT2D eigenvalue weighted by atomic mass is 9.82. The third-order valence-corrected chi connectivity index (χ3v) is 3.18. The van der Waals surface area contributed by atoms with E-state index in [1.165, 1.54) is 25.0 Å². The largest absolute Gasteiger partial charge is 0.389 e. The van der Waals surface area contributed by atoms with Gasteiger partial charge in [-0.25, -0.2) is 0 Å². The highest BCUT2D eigenvalue weighted by molar-refractivity contribution is 5.18. The molecule has 0 aliphatic carbocycles. The predicted molar refractivity (Wildman–Crippen MR) is 58.6 cm³/mol. The van der Waals surface area contributed by atoms with Crippen LogP contribution in [-0.2, 0) is 0 Å². The molecule has 2 unspecified atom stereocenters. The van der Waals surface area contributed by atoms with Crippen molar-refractivity contribution >= 4 is 0 Å². The summed E-state index contributed by atoms with van der Waals surface area (Å²) in [6.45, 7) is 10.4. The van der Waals surface area contributed by atoms with Gasteiger partial charge in [-0.2, -0.15) is 0 Å². The highest BCUT2D eigenvalue weighted by Gasteiger charge is 2.20. The Morgan fingerprint density at radius 3 is 2.77 bits per heavy atom. The molecule has 0 aromatic heterocycles. The highest BCUT2D eigenvalue weighted by atomic mass is 14.9. The number of rotatable bonds is 3. The van der Waals surface area contributed by atoms with E-state index in [4.69, 9.17) is 0 Å². The van der Waals surface area contributed by atoms with Crippen molar-refractivity contribution in [3.05, 3.63) is 11.3 Å². The fraction of sp³-hybridized carbons (Fsp3) is 0.833. The van der Waals surface area contributed by atoms with E-state index in [2.05, 4.69) is 33.0 Å². The van der Waals surface area contributed by atoms with Gasteiger partial charge in [-0.15, -0.1) is 0 Å². The molecule has 1 heterocycles. The first-order valence-corrected chi connectivity index (χ1v) is 5.61. The summed E-state index contributed by atoms with van der Waals surface area (Å²) in [5.74, 6) is 1.57. The second-order valence-corrected chi connectivity index (χ2v) is 4.39. The zero-order valence-corrected chi connectivity index (χ0v) is 9.48. The van der Waals surface area contributed by atoms with Crippen LogP contribution < -0.4 is 5.32 Å². The van der Waals surface area contributed by atoms with Crippen LogP contribution in [0.1, 0.15) is 47.0 Å². The molecule has 0 fully saturated rings. The van der Waals surface area contributed by atoms with E-state index >= 15 is 0 Å². The summed E-state index contributed by atoms with van der Waals surface area (Å²) in [6, 6.07) is 0. The van der Waals surface area contributed by atoms with Crippen LogP contribution in [0.5, 0.6) is 0 Å². The van der Waals surface area contributed by atoms with E-state index in [9.17, 15) is 0 Å². The average molecular weight is 181 g/mol. The van der Waals surface area contributed by atoms with E-state index in [0.717, 1.165) is 18.4 Å². The van der Waals surface area contributed by atoms with Gasteiger partial charge in [0.05, 0.1) is 0 Å². The SMILES string of the molecule is CCCC(C)C1=C(C)NCCC1C. The van der Waals surface area contributed by atoms with Crippen LogP contribution in [0.25, 0.3) is 0 Å². The maximum Gasteiger partial charge on any atom is 0.0149 e. The smallest absolute Gasteiger partial charge is 0.0149 e. The molecule has 0 amide bonds. The molecule has 0 radical (unpaired) electrons. The van der Waals surface area contributed by atoms with Gasteiger partial charge in [-0.1, -0.05) is 27.2 Å². The molecule has 0 saturated carbocycles. The monoisotopic (exact) mass is 181 g/mol. The summed E-state index contributed by atoms with van der Waals surface area (Å²) in [5.41, 5.74) is 3.12. The van der Waals surface area contributed by atoms with Crippen molar-refractivity contribution < 1.29 is 0 Å². The van der Waals surface area contributed by atoms with Crippen LogP contribution in [-0.4, -0.2) is 6.54 Å². The maximum absolute atomic E-state index is 3.48. The zero-order chi connectivity index (χ0) is 9.84. The quantitative estimate of drug-likeness (QED) is 0.704. The number of hydrogen-bond donors (Lipinski definition) is 1.